The number of fused-ring (bicyclic) bond motifs is 1. The molecule has 0 radical (unpaired) electrons. The normalized spacial score (nSPS) is 10.7. The van der Waals surface area contributed by atoms with Crippen molar-refractivity contribution in [2.24, 2.45) is 7.05 Å². The van der Waals surface area contributed by atoms with Crippen LogP contribution in [-0.4, -0.2) is 16.9 Å². The number of thiol groups is 1. The average molecular weight is 194 g/mol. The van der Waals surface area contributed by atoms with Gasteiger partial charge in [-0.3, -0.25) is 4.68 Å². The summed E-state index contributed by atoms with van der Waals surface area (Å²) in [5.74, 6) is 0.759. The van der Waals surface area contributed by atoms with E-state index in [4.69, 9.17) is 4.74 Å². The van der Waals surface area contributed by atoms with E-state index in [1.807, 2.05) is 25.4 Å². The highest BCUT2D eigenvalue weighted by Crippen LogP contribution is 2.27. The Morgan fingerprint density at radius 3 is 2.92 bits per heavy atom. The first-order valence-corrected chi connectivity index (χ1v) is 4.36. The van der Waals surface area contributed by atoms with Crippen LogP contribution in [-0.2, 0) is 7.05 Å². The van der Waals surface area contributed by atoms with Gasteiger partial charge in [0.15, 0.2) is 0 Å². The summed E-state index contributed by atoms with van der Waals surface area (Å²) < 4.78 is 6.91. The van der Waals surface area contributed by atoms with Gasteiger partial charge < -0.3 is 4.74 Å². The fraction of sp³-hybridized carbons (Fsp3) is 0.222. The molecule has 0 saturated carbocycles. The zero-order chi connectivity index (χ0) is 9.42. The number of rotatable bonds is 1. The number of hydrogen-bond acceptors (Lipinski definition) is 3. The number of ether oxygens (including phenoxy) is 1. The molecule has 1 aromatic heterocycles. The molecule has 3 nitrogen and oxygen atoms in total. The summed E-state index contributed by atoms with van der Waals surface area (Å²) in [6, 6.07) is 3.84. The van der Waals surface area contributed by atoms with Crippen LogP contribution in [0.4, 0.5) is 0 Å². The minimum atomic E-state index is 0.759. The second-order valence-corrected chi connectivity index (χ2v) is 3.37. The smallest absolute Gasteiger partial charge is 0.134 e. The van der Waals surface area contributed by atoms with Gasteiger partial charge >= 0.3 is 0 Å². The fourth-order valence-electron chi connectivity index (χ4n) is 1.33. The Labute approximate surface area is 81.7 Å². The maximum Gasteiger partial charge on any atom is 0.134 e. The zero-order valence-electron chi connectivity index (χ0n) is 7.48. The molecular weight excluding hydrogens is 184 g/mol. The van der Waals surface area contributed by atoms with E-state index < -0.39 is 0 Å². The minimum absolute atomic E-state index is 0.759. The summed E-state index contributed by atoms with van der Waals surface area (Å²) in [6.45, 7) is 0. The van der Waals surface area contributed by atoms with E-state index in [-0.39, 0.29) is 0 Å². The molecule has 0 bridgehead atoms. The maximum atomic E-state index is 5.14. The Morgan fingerprint density at radius 1 is 1.46 bits per heavy atom. The van der Waals surface area contributed by atoms with E-state index in [0.717, 1.165) is 21.5 Å². The van der Waals surface area contributed by atoms with Crippen molar-refractivity contribution in [2.45, 2.75) is 4.90 Å². The number of benzene rings is 1. The summed E-state index contributed by atoms with van der Waals surface area (Å²) in [7, 11) is 3.52. The van der Waals surface area contributed by atoms with E-state index in [0.29, 0.717) is 0 Å². The van der Waals surface area contributed by atoms with Crippen LogP contribution >= 0.6 is 12.6 Å². The Bertz CT molecular complexity index is 450. The average Bonchev–Trinajstić information content (AvgIpc) is 2.42. The van der Waals surface area contributed by atoms with Crippen molar-refractivity contribution in [3.63, 3.8) is 0 Å². The molecule has 0 unspecified atom stereocenters. The van der Waals surface area contributed by atoms with Gasteiger partial charge in [-0.25, -0.2) is 0 Å². The maximum absolute atomic E-state index is 5.14. The van der Waals surface area contributed by atoms with E-state index >= 15 is 0 Å². The molecule has 0 aliphatic heterocycles. The lowest BCUT2D eigenvalue weighted by Gasteiger charge is -2.01. The monoisotopic (exact) mass is 194 g/mol. The van der Waals surface area contributed by atoms with E-state index in [1.54, 1.807) is 11.8 Å². The van der Waals surface area contributed by atoms with Crippen molar-refractivity contribution in [2.75, 3.05) is 7.11 Å². The molecule has 0 atom stereocenters. The van der Waals surface area contributed by atoms with Crippen molar-refractivity contribution < 1.29 is 4.74 Å². The number of aromatic nitrogens is 2. The Balaban J connectivity index is 2.72. The van der Waals surface area contributed by atoms with Crippen molar-refractivity contribution in [3.8, 4) is 5.75 Å². The predicted molar refractivity (Wildman–Crippen MR) is 54.5 cm³/mol. The highest BCUT2D eigenvalue weighted by Gasteiger charge is 2.04. The summed E-state index contributed by atoms with van der Waals surface area (Å²) in [5, 5.41) is 5.34. The molecule has 0 N–H and O–H groups in total. The van der Waals surface area contributed by atoms with Crippen LogP contribution in [0.5, 0.6) is 5.75 Å². The van der Waals surface area contributed by atoms with Crippen LogP contribution in [0, 0.1) is 0 Å². The van der Waals surface area contributed by atoms with Crippen LogP contribution in [0.25, 0.3) is 10.9 Å². The summed E-state index contributed by atoms with van der Waals surface area (Å²) in [5.41, 5.74) is 0.928. The number of methoxy groups -OCH3 is 1. The van der Waals surface area contributed by atoms with Gasteiger partial charge in [0.25, 0.3) is 0 Å². The predicted octanol–water partition coefficient (Wildman–Crippen LogP) is 1.87. The Morgan fingerprint density at radius 2 is 2.23 bits per heavy atom. The third-order valence-electron chi connectivity index (χ3n) is 1.92. The lowest BCUT2D eigenvalue weighted by atomic mass is 10.2. The lowest BCUT2D eigenvalue weighted by molar-refractivity contribution is 0.405. The molecule has 1 aromatic carbocycles. The molecule has 4 heteroatoms. The number of hydrogen-bond donors (Lipinski definition) is 1. The van der Waals surface area contributed by atoms with Gasteiger partial charge in [0.05, 0.1) is 12.6 Å². The van der Waals surface area contributed by atoms with Gasteiger partial charge in [-0.15, -0.1) is 12.6 Å². The van der Waals surface area contributed by atoms with Gasteiger partial charge in [-0.05, 0) is 6.07 Å². The van der Waals surface area contributed by atoms with Crippen molar-refractivity contribution in [3.05, 3.63) is 18.3 Å². The van der Waals surface area contributed by atoms with Gasteiger partial charge in [-0.1, -0.05) is 0 Å². The van der Waals surface area contributed by atoms with Crippen LogP contribution < -0.4 is 4.74 Å². The fourth-order valence-corrected chi connectivity index (χ4v) is 1.62. The van der Waals surface area contributed by atoms with Gasteiger partial charge in [0.2, 0.25) is 0 Å². The molecule has 2 rings (SSSR count). The molecule has 13 heavy (non-hydrogen) atoms. The molecular formula is C9H10N2OS. The third-order valence-corrected chi connectivity index (χ3v) is 2.27. The zero-order valence-corrected chi connectivity index (χ0v) is 8.38. The third kappa shape index (κ3) is 1.37. The van der Waals surface area contributed by atoms with Gasteiger partial charge in [-0.2, -0.15) is 5.10 Å². The van der Waals surface area contributed by atoms with Crippen molar-refractivity contribution in [1.82, 2.24) is 9.78 Å². The van der Waals surface area contributed by atoms with Gasteiger partial charge in [0.1, 0.15) is 5.75 Å². The van der Waals surface area contributed by atoms with Gasteiger partial charge in [0, 0.05) is 29.6 Å². The van der Waals surface area contributed by atoms with E-state index in [1.165, 1.54) is 0 Å². The Hall–Kier alpha value is -1.16. The molecule has 0 fully saturated rings. The number of aryl methyl sites for hydroxylation is 1. The van der Waals surface area contributed by atoms with E-state index in [9.17, 15) is 0 Å². The number of nitrogens with zero attached hydrogens (tertiary/aromatic N) is 2. The van der Waals surface area contributed by atoms with Crippen LogP contribution in [0.3, 0.4) is 0 Å². The van der Waals surface area contributed by atoms with Crippen molar-refractivity contribution in [1.29, 1.82) is 0 Å². The van der Waals surface area contributed by atoms with Crippen molar-refractivity contribution >= 4 is 23.5 Å². The molecule has 0 spiro atoms. The first kappa shape index (κ1) is 8.44. The lowest BCUT2D eigenvalue weighted by Crippen LogP contribution is -1.86. The first-order valence-electron chi connectivity index (χ1n) is 3.91. The van der Waals surface area contributed by atoms with E-state index in [2.05, 4.69) is 17.7 Å². The molecule has 0 aliphatic rings. The molecule has 0 saturated heterocycles. The Kier molecular flexibility index (Phi) is 1.92. The SMILES string of the molecule is COc1cc2nn(C)cc2cc1S. The summed E-state index contributed by atoms with van der Waals surface area (Å²) in [4.78, 5) is 0.836. The first-order chi connectivity index (χ1) is 6.20. The molecule has 2 aromatic rings. The highest BCUT2D eigenvalue weighted by atomic mass is 32.1. The minimum Gasteiger partial charge on any atom is -0.496 e. The highest BCUT2D eigenvalue weighted by molar-refractivity contribution is 7.80. The quantitative estimate of drug-likeness (QED) is 0.702. The summed E-state index contributed by atoms with van der Waals surface area (Å²) >= 11 is 4.30. The molecule has 1 heterocycles. The second kappa shape index (κ2) is 2.96. The molecule has 0 amide bonds. The molecule has 68 valence electrons. The summed E-state index contributed by atoms with van der Waals surface area (Å²) in [6.07, 6.45) is 1.95. The van der Waals surface area contributed by atoms with Crippen LogP contribution in [0.1, 0.15) is 0 Å². The van der Waals surface area contributed by atoms with Crippen LogP contribution in [0.2, 0.25) is 0 Å². The topological polar surface area (TPSA) is 27.1 Å². The second-order valence-electron chi connectivity index (χ2n) is 2.89. The standard InChI is InChI=1S/C9H10N2OS/c1-11-5-6-3-9(13)8(12-2)4-7(6)10-11/h3-5,13H,1-2H3. The molecule has 0 aliphatic carbocycles. The largest absolute Gasteiger partial charge is 0.496 e. The van der Waals surface area contributed by atoms with Crippen LogP contribution in [0.15, 0.2) is 23.2 Å².